The fourth-order valence-corrected chi connectivity index (χ4v) is 3.23. The molecule has 0 unspecified atom stereocenters. The lowest BCUT2D eigenvalue weighted by molar-refractivity contribution is -0.159. The molecule has 0 spiro atoms. The number of carbonyl (C=O) groups is 3. The molecule has 1 fully saturated rings. The Kier molecular flexibility index (Phi) is 6.13. The van der Waals surface area contributed by atoms with Gasteiger partial charge in [-0.3, -0.25) is 4.79 Å². The molecule has 1 aromatic carbocycles. The number of hydrogen-bond donors (Lipinski definition) is 1. The maximum atomic E-state index is 13.0. The van der Waals surface area contributed by atoms with Crippen LogP contribution in [0.4, 0.5) is 0 Å². The third kappa shape index (κ3) is 5.21. The Bertz CT molecular complexity index is 726. The zero-order valence-corrected chi connectivity index (χ0v) is 16.5. The van der Waals surface area contributed by atoms with Crippen LogP contribution in [-0.4, -0.2) is 52.6 Å². The summed E-state index contributed by atoms with van der Waals surface area (Å²) in [6, 6.07) is 2.74. The third-order valence-electron chi connectivity index (χ3n) is 4.24. The van der Waals surface area contributed by atoms with E-state index < -0.39 is 24.2 Å². The fourth-order valence-electron chi connectivity index (χ4n) is 3.23. The van der Waals surface area contributed by atoms with E-state index in [9.17, 15) is 14.4 Å². The van der Waals surface area contributed by atoms with Crippen LogP contribution in [0.5, 0.6) is 5.75 Å². The quantitative estimate of drug-likeness (QED) is 0.793. The molecule has 7 nitrogen and oxygen atoms in total. The highest BCUT2D eigenvalue weighted by Crippen LogP contribution is 2.28. The van der Waals surface area contributed by atoms with Gasteiger partial charge < -0.3 is 19.5 Å². The van der Waals surface area contributed by atoms with Crippen molar-refractivity contribution in [2.24, 2.45) is 0 Å². The lowest BCUT2D eigenvalue weighted by Crippen LogP contribution is -2.43. The predicted molar refractivity (Wildman–Crippen MR) is 99.0 cm³/mol. The first-order valence-electron chi connectivity index (χ1n) is 8.99. The van der Waals surface area contributed by atoms with Gasteiger partial charge in [-0.15, -0.1) is 0 Å². The van der Waals surface area contributed by atoms with E-state index in [1.54, 1.807) is 51.7 Å². The van der Waals surface area contributed by atoms with E-state index in [1.807, 2.05) is 0 Å². The number of benzene rings is 1. The number of carboxylic acid groups (broad SMARTS) is 1. The van der Waals surface area contributed by atoms with E-state index in [-0.39, 0.29) is 11.9 Å². The van der Waals surface area contributed by atoms with Gasteiger partial charge in [0.1, 0.15) is 17.4 Å². The van der Waals surface area contributed by atoms with E-state index in [4.69, 9.17) is 14.6 Å². The van der Waals surface area contributed by atoms with Gasteiger partial charge in [0.25, 0.3) is 5.91 Å². The van der Waals surface area contributed by atoms with Crippen molar-refractivity contribution in [1.29, 1.82) is 0 Å². The standard InChI is InChI=1S/C20H27NO6/c1-12-9-14(10-13(2)17(12)26-11-16(22)23)18(24)21-8-6-7-15(21)19(25)27-20(3,4)5/h9-10,15H,6-8,11H2,1-5H3,(H,22,23)/t15-/m1/s1. The molecule has 7 heteroatoms. The molecule has 1 amide bonds. The van der Waals surface area contributed by atoms with E-state index in [0.717, 1.165) is 6.42 Å². The molecule has 1 aliphatic rings. The van der Waals surface area contributed by atoms with Crippen LogP contribution < -0.4 is 4.74 Å². The molecule has 0 saturated carbocycles. The average Bonchev–Trinajstić information content (AvgIpc) is 3.01. The molecule has 148 valence electrons. The maximum absolute atomic E-state index is 13.0. The van der Waals surface area contributed by atoms with Crippen molar-refractivity contribution in [1.82, 2.24) is 4.90 Å². The summed E-state index contributed by atoms with van der Waals surface area (Å²) in [5.41, 5.74) is 1.19. The summed E-state index contributed by atoms with van der Waals surface area (Å²) in [6.07, 6.45) is 1.33. The molecule has 1 aliphatic heterocycles. The highest BCUT2D eigenvalue weighted by Gasteiger charge is 2.37. The van der Waals surface area contributed by atoms with Gasteiger partial charge >= 0.3 is 11.9 Å². The molecule has 1 atom stereocenters. The number of aryl methyl sites for hydroxylation is 2. The Balaban J connectivity index is 2.21. The number of rotatable bonds is 5. The number of esters is 1. The SMILES string of the molecule is Cc1cc(C(=O)N2CCC[C@@H]2C(=O)OC(C)(C)C)cc(C)c1OCC(=O)O. The molecular weight excluding hydrogens is 350 g/mol. The summed E-state index contributed by atoms with van der Waals surface area (Å²) in [6.45, 7) is 8.98. The number of nitrogens with zero attached hydrogens (tertiary/aromatic N) is 1. The van der Waals surface area contributed by atoms with Crippen molar-refractivity contribution in [2.45, 2.75) is 59.1 Å². The van der Waals surface area contributed by atoms with Gasteiger partial charge in [-0.05, 0) is 70.7 Å². The Morgan fingerprint density at radius 2 is 1.78 bits per heavy atom. The van der Waals surface area contributed by atoms with Crippen LogP contribution in [0.2, 0.25) is 0 Å². The van der Waals surface area contributed by atoms with E-state index in [2.05, 4.69) is 0 Å². The lowest BCUT2D eigenvalue weighted by atomic mass is 10.0. The zero-order chi connectivity index (χ0) is 20.4. The van der Waals surface area contributed by atoms with Crippen molar-refractivity contribution >= 4 is 17.8 Å². The molecule has 1 N–H and O–H groups in total. The summed E-state index contributed by atoms with van der Waals surface area (Å²) >= 11 is 0. The van der Waals surface area contributed by atoms with Crippen molar-refractivity contribution < 1.29 is 29.0 Å². The van der Waals surface area contributed by atoms with Gasteiger partial charge in [-0.25, -0.2) is 9.59 Å². The van der Waals surface area contributed by atoms with Crippen LogP contribution in [0.1, 0.15) is 55.1 Å². The molecule has 0 aliphatic carbocycles. The third-order valence-corrected chi connectivity index (χ3v) is 4.24. The smallest absolute Gasteiger partial charge is 0.341 e. The molecule has 1 aromatic rings. The van der Waals surface area contributed by atoms with Gasteiger partial charge in [0, 0.05) is 12.1 Å². The Morgan fingerprint density at radius 3 is 2.30 bits per heavy atom. The predicted octanol–water partition coefficient (Wildman–Crippen LogP) is 2.71. The first kappa shape index (κ1) is 20.7. The minimum Gasteiger partial charge on any atom is -0.481 e. The number of aliphatic carboxylic acids is 1. The monoisotopic (exact) mass is 377 g/mol. The van der Waals surface area contributed by atoms with Crippen LogP contribution in [0.25, 0.3) is 0 Å². The van der Waals surface area contributed by atoms with Crippen LogP contribution in [-0.2, 0) is 14.3 Å². The molecule has 1 heterocycles. The fraction of sp³-hybridized carbons (Fsp3) is 0.550. The Morgan fingerprint density at radius 1 is 1.19 bits per heavy atom. The minimum atomic E-state index is -1.06. The van der Waals surface area contributed by atoms with E-state index in [1.165, 1.54) is 0 Å². The number of carboxylic acids is 1. The summed E-state index contributed by atoms with van der Waals surface area (Å²) in [7, 11) is 0. The molecule has 0 aromatic heterocycles. The average molecular weight is 377 g/mol. The van der Waals surface area contributed by atoms with Gasteiger partial charge in [-0.1, -0.05) is 0 Å². The first-order valence-corrected chi connectivity index (χ1v) is 8.99. The first-order chi connectivity index (χ1) is 12.5. The molecular formula is C20H27NO6. The van der Waals surface area contributed by atoms with Crippen LogP contribution in [0.15, 0.2) is 12.1 Å². The van der Waals surface area contributed by atoms with Gasteiger partial charge in [0.2, 0.25) is 0 Å². The normalized spacial score (nSPS) is 16.9. The van der Waals surface area contributed by atoms with E-state index >= 15 is 0 Å². The largest absolute Gasteiger partial charge is 0.481 e. The van der Waals surface area contributed by atoms with Gasteiger partial charge in [-0.2, -0.15) is 0 Å². The number of carbonyl (C=O) groups excluding carboxylic acids is 2. The van der Waals surface area contributed by atoms with Gasteiger partial charge in [0.15, 0.2) is 6.61 Å². The maximum Gasteiger partial charge on any atom is 0.341 e. The zero-order valence-electron chi connectivity index (χ0n) is 16.5. The molecule has 0 radical (unpaired) electrons. The highest BCUT2D eigenvalue weighted by atomic mass is 16.6. The van der Waals surface area contributed by atoms with Crippen molar-refractivity contribution in [3.8, 4) is 5.75 Å². The summed E-state index contributed by atoms with van der Waals surface area (Å²) in [5, 5.41) is 8.78. The van der Waals surface area contributed by atoms with Gasteiger partial charge in [0.05, 0.1) is 0 Å². The second kappa shape index (κ2) is 7.98. The van der Waals surface area contributed by atoms with Crippen LogP contribution in [0, 0.1) is 13.8 Å². The van der Waals surface area contributed by atoms with Crippen molar-refractivity contribution in [3.05, 3.63) is 28.8 Å². The summed E-state index contributed by atoms with van der Waals surface area (Å²) in [5.74, 6) is -1.23. The minimum absolute atomic E-state index is 0.237. The number of amides is 1. The number of ether oxygens (including phenoxy) is 2. The topological polar surface area (TPSA) is 93.1 Å². The Hall–Kier alpha value is -2.57. The van der Waals surface area contributed by atoms with Crippen molar-refractivity contribution in [2.75, 3.05) is 13.2 Å². The number of likely N-dealkylation sites (tertiary alicyclic amines) is 1. The Labute approximate surface area is 159 Å². The molecule has 0 bridgehead atoms. The highest BCUT2D eigenvalue weighted by molar-refractivity contribution is 5.97. The van der Waals surface area contributed by atoms with Crippen LogP contribution >= 0.6 is 0 Å². The van der Waals surface area contributed by atoms with Crippen molar-refractivity contribution in [3.63, 3.8) is 0 Å². The molecule has 1 saturated heterocycles. The second-order valence-corrected chi connectivity index (χ2v) is 7.81. The molecule has 2 rings (SSSR count). The molecule has 27 heavy (non-hydrogen) atoms. The number of hydrogen-bond acceptors (Lipinski definition) is 5. The van der Waals surface area contributed by atoms with E-state index in [0.29, 0.717) is 35.4 Å². The lowest BCUT2D eigenvalue weighted by Gasteiger charge is -2.27. The summed E-state index contributed by atoms with van der Waals surface area (Å²) in [4.78, 5) is 37.7. The second-order valence-electron chi connectivity index (χ2n) is 7.81. The van der Waals surface area contributed by atoms with Crippen LogP contribution in [0.3, 0.4) is 0 Å². The summed E-state index contributed by atoms with van der Waals surface area (Å²) < 4.78 is 10.8.